The number of nitrogens with one attached hydrogen (secondary N) is 1. The number of aryl methyl sites for hydroxylation is 1. The van der Waals surface area contributed by atoms with Crippen molar-refractivity contribution >= 4 is 11.3 Å². The molecule has 0 radical (unpaired) electrons. The highest BCUT2D eigenvalue weighted by Crippen LogP contribution is 2.15. The summed E-state index contributed by atoms with van der Waals surface area (Å²) in [6.07, 6.45) is 2.56. The quantitative estimate of drug-likeness (QED) is 0.750. The Hall–Kier alpha value is -0.410. The van der Waals surface area contributed by atoms with Crippen molar-refractivity contribution in [3.05, 3.63) is 16.1 Å². The van der Waals surface area contributed by atoms with Gasteiger partial charge in [-0.05, 0) is 39.2 Å². The first kappa shape index (κ1) is 12.7. The van der Waals surface area contributed by atoms with E-state index in [4.69, 9.17) is 0 Å². The normalized spacial score (nSPS) is 13.4. The van der Waals surface area contributed by atoms with E-state index in [0.29, 0.717) is 6.04 Å². The van der Waals surface area contributed by atoms with Crippen LogP contribution in [0, 0.1) is 12.8 Å². The molecule has 0 bridgehead atoms. The lowest BCUT2D eigenvalue weighted by molar-refractivity contribution is 0.493. The second kappa shape index (κ2) is 6.23. The molecule has 0 fully saturated rings. The first-order chi connectivity index (χ1) is 7.09. The monoisotopic (exact) mass is 226 g/mol. The second-order valence-electron chi connectivity index (χ2n) is 4.50. The molecule has 1 unspecified atom stereocenters. The first-order valence-corrected chi connectivity index (χ1v) is 6.63. The highest BCUT2D eigenvalue weighted by molar-refractivity contribution is 7.09. The maximum absolute atomic E-state index is 4.48. The minimum absolute atomic E-state index is 0.391. The third-order valence-electron chi connectivity index (χ3n) is 2.49. The number of hydrogen-bond acceptors (Lipinski definition) is 3. The van der Waals surface area contributed by atoms with Gasteiger partial charge in [0.25, 0.3) is 0 Å². The zero-order chi connectivity index (χ0) is 11.3. The molecule has 0 saturated carbocycles. The molecule has 2 nitrogen and oxygen atoms in total. The van der Waals surface area contributed by atoms with Crippen LogP contribution in [0.15, 0.2) is 5.38 Å². The van der Waals surface area contributed by atoms with Crippen molar-refractivity contribution in [3.63, 3.8) is 0 Å². The van der Waals surface area contributed by atoms with Gasteiger partial charge in [0.2, 0.25) is 0 Å². The van der Waals surface area contributed by atoms with E-state index in [-0.39, 0.29) is 0 Å². The zero-order valence-electron chi connectivity index (χ0n) is 10.2. The van der Waals surface area contributed by atoms with Crippen molar-refractivity contribution in [2.24, 2.45) is 5.92 Å². The molecular weight excluding hydrogens is 204 g/mol. The summed E-state index contributed by atoms with van der Waals surface area (Å²) in [5.74, 6) is 0.809. The van der Waals surface area contributed by atoms with Crippen molar-refractivity contribution < 1.29 is 0 Å². The first-order valence-electron chi connectivity index (χ1n) is 5.75. The van der Waals surface area contributed by atoms with Crippen LogP contribution >= 0.6 is 11.3 Å². The topological polar surface area (TPSA) is 24.9 Å². The third-order valence-corrected chi connectivity index (χ3v) is 3.28. The lowest BCUT2D eigenvalue weighted by Crippen LogP contribution is -2.20. The molecule has 0 aliphatic rings. The van der Waals surface area contributed by atoms with Crippen LogP contribution in [-0.4, -0.2) is 11.5 Å². The molecule has 3 heteroatoms. The maximum atomic E-state index is 4.48. The summed E-state index contributed by atoms with van der Waals surface area (Å²) in [6.45, 7) is 9.87. The molecule has 1 N–H and O–H groups in total. The highest BCUT2D eigenvalue weighted by Gasteiger charge is 2.07. The van der Waals surface area contributed by atoms with Crippen LogP contribution in [0.25, 0.3) is 0 Å². The Kier molecular flexibility index (Phi) is 5.26. The van der Waals surface area contributed by atoms with Gasteiger partial charge in [0.05, 0.1) is 10.7 Å². The summed E-state index contributed by atoms with van der Waals surface area (Å²) in [6, 6.07) is 0.391. The Morgan fingerprint density at radius 1 is 1.40 bits per heavy atom. The van der Waals surface area contributed by atoms with Crippen LogP contribution in [-0.2, 0) is 0 Å². The van der Waals surface area contributed by atoms with Gasteiger partial charge in [0.1, 0.15) is 0 Å². The van der Waals surface area contributed by atoms with Gasteiger partial charge in [-0.1, -0.05) is 13.8 Å². The molecule has 0 amide bonds. The minimum atomic E-state index is 0.391. The van der Waals surface area contributed by atoms with Crippen LogP contribution in [0.3, 0.4) is 0 Å². The molecule has 1 heterocycles. The van der Waals surface area contributed by atoms with Gasteiger partial charge in [-0.2, -0.15) is 0 Å². The SMILES string of the molecule is Cc1nc(C(C)NCCCC(C)C)cs1. The van der Waals surface area contributed by atoms with E-state index in [1.165, 1.54) is 18.5 Å². The molecule has 0 aliphatic heterocycles. The van der Waals surface area contributed by atoms with Crippen LogP contribution in [0.5, 0.6) is 0 Å². The summed E-state index contributed by atoms with van der Waals surface area (Å²) in [5.41, 5.74) is 1.18. The van der Waals surface area contributed by atoms with Gasteiger partial charge in [-0.15, -0.1) is 11.3 Å². The molecule has 0 saturated heterocycles. The smallest absolute Gasteiger partial charge is 0.0898 e. The van der Waals surface area contributed by atoms with E-state index >= 15 is 0 Å². The van der Waals surface area contributed by atoms with E-state index in [0.717, 1.165) is 17.5 Å². The Balaban J connectivity index is 2.21. The fraction of sp³-hybridized carbons (Fsp3) is 0.750. The van der Waals surface area contributed by atoms with Crippen molar-refractivity contribution in [2.75, 3.05) is 6.54 Å². The van der Waals surface area contributed by atoms with E-state index < -0.39 is 0 Å². The third kappa shape index (κ3) is 4.76. The van der Waals surface area contributed by atoms with Crippen molar-refractivity contribution in [1.82, 2.24) is 10.3 Å². The predicted molar refractivity (Wildman–Crippen MR) is 67.3 cm³/mol. The Morgan fingerprint density at radius 3 is 2.67 bits per heavy atom. The van der Waals surface area contributed by atoms with Crippen molar-refractivity contribution in [1.29, 1.82) is 0 Å². The van der Waals surface area contributed by atoms with Gasteiger partial charge in [0, 0.05) is 11.4 Å². The molecule has 1 atom stereocenters. The standard InChI is InChI=1S/C12H22N2S/c1-9(2)6-5-7-13-10(3)12-8-15-11(4)14-12/h8-10,13H,5-7H2,1-4H3. The Morgan fingerprint density at radius 2 is 2.13 bits per heavy atom. The molecule has 0 aromatic carbocycles. The lowest BCUT2D eigenvalue weighted by Gasteiger charge is -2.11. The Bertz CT molecular complexity index is 281. The minimum Gasteiger partial charge on any atom is -0.309 e. The lowest BCUT2D eigenvalue weighted by atomic mass is 10.1. The van der Waals surface area contributed by atoms with Crippen LogP contribution in [0.1, 0.15) is 50.4 Å². The van der Waals surface area contributed by atoms with E-state index in [2.05, 4.69) is 43.4 Å². The molecular formula is C12H22N2S. The van der Waals surface area contributed by atoms with Crippen molar-refractivity contribution in [3.8, 4) is 0 Å². The van der Waals surface area contributed by atoms with E-state index in [1.807, 2.05) is 0 Å². The average molecular weight is 226 g/mol. The number of thiazole rings is 1. The number of hydrogen-bond donors (Lipinski definition) is 1. The molecule has 1 aromatic heterocycles. The summed E-state index contributed by atoms with van der Waals surface area (Å²) >= 11 is 1.73. The highest BCUT2D eigenvalue weighted by atomic mass is 32.1. The van der Waals surface area contributed by atoms with Gasteiger partial charge >= 0.3 is 0 Å². The molecule has 0 aliphatic carbocycles. The molecule has 15 heavy (non-hydrogen) atoms. The van der Waals surface area contributed by atoms with Crippen LogP contribution in [0.2, 0.25) is 0 Å². The number of rotatable bonds is 6. The zero-order valence-corrected chi connectivity index (χ0v) is 11.0. The van der Waals surface area contributed by atoms with E-state index in [9.17, 15) is 0 Å². The predicted octanol–water partition coefficient (Wildman–Crippen LogP) is 3.54. The Labute approximate surface area is 97.1 Å². The summed E-state index contributed by atoms with van der Waals surface area (Å²) in [5, 5.41) is 6.81. The fourth-order valence-electron chi connectivity index (χ4n) is 1.51. The molecule has 0 spiro atoms. The maximum Gasteiger partial charge on any atom is 0.0898 e. The largest absolute Gasteiger partial charge is 0.309 e. The summed E-state index contributed by atoms with van der Waals surface area (Å²) in [4.78, 5) is 4.48. The van der Waals surface area contributed by atoms with Crippen molar-refractivity contribution in [2.45, 2.75) is 46.6 Å². The van der Waals surface area contributed by atoms with Gasteiger partial charge in [-0.3, -0.25) is 0 Å². The van der Waals surface area contributed by atoms with Crippen LogP contribution in [0.4, 0.5) is 0 Å². The molecule has 1 rings (SSSR count). The van der Waals surface area contributed by atoms with Gasteiger partial charge in [-0.25, -0.2) is 4.98 Å². The second-order valence-corrected chi connectivity index (χ2v) is 5.57. The number of nitrogens with zero attached hydrogens (tertiary/aromatic N) is 1. The van der Waals surface area contributed by atoms with Gasteiger partial charge < -0.3 is 5.32 Å². The average Bonchev–Trinajstić information content (AvgIpc) is 2.59. The van der Waals surface area contributed by atoms with E-state index in [1.54, 1.807) is 11.3 Å². The van der Waals surface area contributed by atoms with Gasteiger partial charge in [0.15, 0.2) is 0 Å². The number of aromatic nitrogens is 1. The fourth-order valence-corrected chi connectivity index (χ4v) is 2.22. The molecule has 1 aromatic rings. The van der Waals surface area contributed by atoms with Crippen LogP contribution < -0.4 is 5.32 Å². The summed E-state index contributed by atoms with van der Waals surface area (Å²) < 4.78 is 0. The summed E-state index contributed by atoms with van der Waals surface area (Å²) in [7, 11) is 0. The molecule has 86 valence electrons.